The molecule has 86 valence electrons. The summed E-state index contributed by atoms with van der Waals surface area (Å²) in [5.41, 5.74) is 1.98. The smallest absolute Gasteiger partial charge is 0.118 e. The Hall–Kier alpha value is -0.870. The quantitative estimate of drug-likeness (QED) is 0.784. The lowest BCUT2D eigenvalue weighted by Gasteiger charge is -2.12. The third-order valence-corrected chi connectivity index (χ3v) is 3.71. The van der Waals surface area contributed by atoms with E-state index in [1.807, 2.05) is 29.2 Å². The van der Waals surface area contributed by atoms with E-state index in [2.05, 4.69) is 17.0 Å². The van der Waals surface area contributed by atoms with Gasteiger partial charge in [-0.3, -0.25) is 4.68 Å². The van der Waals surface area contributed by atoms with Crippen LogP contribution >= 0.6 is 22.9 Å². The molecule has 0 aromatic carbocycles. The van der Waals surface area contributed by atoms with Gasteiger partial charge in [-0.05, 0) is 19.4 Å². The molecule has 1 atom stereocenters. The second kappa shape index (κ2) is 4.97. The molecule has 0 amide bonds. The first kappa shape index (κ1) is 11.6. The molecule has 0 spiro atoms. The van der Waals surface area contributed by atoms with Crippen LogP contribution in [0.25, 0.3) is 0 Å². The van der Waals surface area contributed by atoms with E-state index in [4.69, 9.17) is 11.6 Å². The van der Waals surface area contributed by atoms with E-state index in [9.17, 15) is 0 Å². The minimum atomic E-state index is 0.232. The van der Waals surface area contributed by atoms with Crippen molar-refractivity contribution in [2.45, 2.75) is 32.2 Å². The Kier molecular flexibility index (Phi) is 3.61. The van der Waals surface area contributed by atoms with Crippen LogP contribution in [0, 0.1) is 6.92 Å². The first-order valence-corrected chi connectivity index (χ1v) is 6.68. The Morgan fingerprint density at radius 3 is 2.88 bits per heavy atom. The van der Waals surface area contributed by atoms with Gasteiger partial charge in [0.15, 0.2) is 0 Å². The van der Waals surface area contributed by atoms with Crippen LogP contribution < -0.4 is 0 Å². The lowest BCUT2D eigenvalue weighted by Crippen LogP contribution is -2.10. The van der Waals surface area contributed by atoms with Crippen LogP contribution in [0.2, 0.25) is 0 Å². The van der Waals surface area contributed by atoms with Crippen LogP contribution in [-0.4, -0.2) is 14.8 Å². The number of nitrogens with zero attached hydrogens (tertiary/aromatic N) is 3. The van der Waals surface area contributed by atoms with Crippen molar-refractivity contribution in [3.05, 3.63) is 34.0 Å². The minimum Gasteiger partial charge on any atom is -0.263 e. The number of halogens is 1. The molecule has 0 saturated carbocycles. The van der Waals surface area contributed by atoms with E-state index in [1.54, 1.807) is 11.3 Å². The number of thiazole rings is 1. The van der Waals surface area contributed by atoms with Gasteiger partial charge in [-0.2, -0.15) is 5.10 Å². The van der Waals surface area contributed by atoms with Gasteiger partial charge in [0.2, 0.25) is 0 Å². The van der Waals surface area contributed by atoms with Gasteiger partial charge >= 0.3 is 0 Å². The van der Waals surface area contributed by atoms with Crippen molar-refractivity contribution in [1.29, 1.82) is 0 Å². The maximum absolute atomic E-state index is 5.76. The second-order valence-corrected chi connectivity index (χ2v) is 4.83. The van der Waals surface area contributed by atoms with Crippen molar-refractivity contribution in [3.8, 4) is 0 Å². The molecule has 2 heterocycles. The normalized spacial score (nSPS) is 12.9. The van der Waals surface area contributed by atoms with E-state index in [1.165, 1.54) is 0 Å². The first-order chi connectivity index (χ1) is 7.74. The Balaban J connectivity index is 2.28. The molecule has 0 N–H and O–H groups in total. The second-order valence-electron chi connectivity index (χ2n) is 3.67. The van der Waals surface area contributed by atoms with Gasteiger partial charge in [0.25, 0.3) is 0 Å². The topological polar surface area (TPSA) is 30.7 Å². The van der Waals surface area contributed by atoms with E-state index in [0.29, 0.717) is 5.88 Å². The lowest BCUT2D eigenvalue weighted by atomic mass is 10.2. The van der Waals surface area contributed by atoms with E-state index in [0.717, 1.165) is 22.8 Å². The van der Waals surface area contributed by atoms with Crippen LogP contribution in [0.1, 0.15) is 35.8 Å². The average Bonchev–Trinajstić information content (AvgIpc) is 2.89. The predicted molar refractivity (Wildman–Crippen MR) is 67.1 cm³/mol. The predicted octanol–water partition coefficient (Wildman–Crippen LogP) is 3.39. The molecule has 2 rings (SSSR count). The van der Waals surface area contributed by atoms with E-state index >= 15 is 0 Å². The molecule has 2 aromatic heterocycles. The highest BCUT2D eigenvalue weighted by Crippen LogP contribution is 2.25. The number of hydrogen-bond acceptors (Lipinski definition) is 3. The summed E-state index contributed by atoms with van der Waals surface area (Å²) in [6, 6.07) is 2.24. The average molecular weight is 256 g/mol. The summed E-state index contributed by atoms with van der Waals surface area (Å²) in [4.78, 5) is 4.51. The molecular weight excluding hydrogens is 242 g/mol. The van der Waals surface area contributed by atoms with Gasteiger partial charge < -0.3 is 0 Å². The standard InChI is InChI=1S/C11H14ClN3S/c1-3-10(15-5-4-8(2)14-15)11-13-9(6-12)7-16-11/h4-5,7,10H,3,6H2,1-2H3. The number of aryl methyl sites for hydroxylation is 1. The van der Waals surface area contributed by atoms with Gasteiger partial charge in [0.1, 0.15) is 11.0 Å². The highest BCUT2D eigenvalue weighted by Gasteiger charge is 2.16. The zero-order valence-electron chi connectivity index (χ0n) is 9.35. The monoisotopic (exact) mass is 255 g/mol. The maximum atomic E-state index is 5.76. The van der Waals surface area contributed by atoms with Gasteiger partial charge in [-0.1, -0.05) is 6.92 Å². The van der Waals surface area contributed by atoms with Crippen molar-refractivity contribution >= 4 is 22.9 Å². The van der Waals surface area contributed by atoms with Crippen LogP contribution in [0.15, 0.2) is 17.6 Å². The summed E-state index contributed by atoms with van der Waals surface area (Å²) < 4.78 is 1.98. The summed E-state index contributed by atoms with van der Waals surface area (Å²) in [7, 11) is 0. The fraction of sp³-hybridized carbons (Fsp3) is 0.455. The third kappa shape index (κ3) is 2.28. The fourth-order valence-electron chi connectivity index (χ4n) is 1.62. The zero-order chi connectivity index (χ0) is 11.5. The van der Waals surface area contributed by atoms with Gasteiger partial charge in [-0.15, -0.1) is 22.9 Å². The zero-order valence-corrected chi connectivity index (χ0v) is 10.9. The Morgan fingerprint density at radius 1 is 1.56 bits per heavy atom. The van der Waals surface area contributed by atoms with Gasteiger partial charge in [0, 0.05) is 11.6 Å². The summed E-state index contributed by atoms with van der Waals surface area (Å²) in [6.07, 6.45) is 2.99. The van der Waals surface area contributed by atoms with Crippen molar-refractivity contribution in [2.75, 3.05) is 0 Å². The Bertz CT molecular complexity index is 463. The van der Waals surface area contributed by atoms with Gasteiger partial charge in [-0.25, -0.2) is 4.98 Å². The highest BCUT2D eigenvalue weighted by atomic mass is 35.5. The minimum absolute atomic E-state index is 0.232. The van der Waals surface area contributed by atoms with Crippen LogP contribution in [0.4, 0.5) is 0 Å². The number of hydrogen-bond donors (Lipinski definition) is 0. The largest absolute Gasteiger partial charge is 0.263 e. The molecule has 0 bridgehead atoms. The van der Waals surface area contributed by atoms with Crippen LogP contribution in [-0.2, 0) is 5.88 Å². The molecule has 0 aliphatic carbocycles. The highest BCUT2D eigenvalue weighted by molar-refractivity contribution is 7.09. The molecular formula is C11H14ClN3S. The Labute approximate surface area is 104 Å². The molecule has 0 saturated heterocycles. The van der Waals surface area contributed by atoms with Crippen LogP contribution in [0.5, 0.6) is 0 Å². The molecule has 1 unspecified atom stereocenters. The number of alkyl halides is 1. The lowest BCUT2D eigenvalue weighted by molar-refractivity contribution is 0.503. The molecule has 2 aromatic rings. The van der Waals surface area contributed by atoms with Crippen molar-refractivity contribution < 1.29 is 0 Å². The van der Waals surface area contributed by atoms with E-state index in [-0.39, 0.29) is 6.04 Å². The third-order valence-electron chi connectivity index (χ3n) is 2.44. The maximum Gasteiger partial charge on any atom is 0.118 e. The molecule has 3 nitrogen and oxygen atoms in total. The SMILES string of the molecule is CCC(c1nc(CCl)cs1)n1ccc(C)n1. The number of rotatable bonds is 4. The van der Waals surface area contributed by atoms with Gasteiger partial charge in [0.05, 0.1) is 17.3 Å². The molecule has 0 aliphatic rings. The molecule has 0 aliphatic heterocycles. The summed E-state index contributed by atoms with van der Waals surface area (Å²) >= 11 is 7.41. The van der Waals surface area contributed by atoms with Crippen molar-refractivity contribution in [3.63, 3.8) is 0 Å². The molecule has 5 heteroatoms. The Morgan fingerprint density at radius 2 is 2.38 bits per heavy atom. The fourth-order valence-corrected chi connectivity index (χ4v) is 2.84. The molecule has 0 fully saturated rings. The van der Waals surface area contributed by atoms with Crippen molar-refractivity contribution in [1.82, 2.24) is 14.8 Å². The summed E-state index contributed by atoms with van der Waals surface area (Å²) in [6.45, 7) is 4.14. The number of aromatic nitrogens is 3. The van der Waals surface area contributed by atoms with Crippen molar-refractivity contribution in [2.24, 2.45) is 0 Å². The van der Waals surface area contributed by atoms with Crippen LogP contribution in [0.3, 0.4) is 0 Å². The first-order valence-electron chi connectivity index (χ1n) is 5.26. The van der Waals surface area contributed by atoms with E-state index < -0.39 is 0 Å². The summed E-state index contributed by atoms with van der Waals surface area (Å²) in [5, 5.41) is 7.54. The summed E-state index contributed by atoms with van der Waals surface area (Å²) in [5.74, 6) is 0.477. The molecule has 0 radical (unpaired) electrons. The molecule has 16 heavy (non-hydrogen) atoms.